The zero-order valence-electron chi connectivity index (χ0n) is 21.2. The number of para-hydroxylation sites is 1. The number of aromatic nitrogens is 2. The predicted octanol–water partition coefficient (Wildman–Crippen LogP) is 7.65. The van der Waals surface area contributed by atoms with Crippen molar-refractivity contribution in [1.82, 2.24) is 14.5 Å². The van der Waals surface area contributed by atoms with Gasteiger partial charge in [0.2, 0.25) is 0 Å². The summed E-state index contributed by atoms with van der Waals surface area (Å²) >= 11 is 12.2. The van der Waals surface area contributed by atoms with E-state index in [0.29, 0.717) is 44.7 Å². The van der Waals surface area contributed by atoms with E-state index in [1.165, 1.54) is 5.56 Å². The number of hydrogen-bond acceptors (Lipinski definition) is 3. The Morgan fingerprint density at radius 1 is 1.03 bits per heavy atom. The largest absolute Gasteiger partial charge is 0.322 e. The first-order chi connectivity index (χ1) is 17.8. The summed E-state index contributed by atoms with van der Waals surface area (Å²) in [5.41, 5.74) is 2.84. The van der Waals surface area contributed by atoms with Crippen LogP contribution in [0.25, 0.3) is 16.6 Å². The molecule has 1 atom stereocenters. The number of nitrogens with zero attached hydrogens (tertiary/aromatic N) is 3. The van der Waals surface area contributed by atoms with Crippen LogP contribution in [0.15, 0.2) is 71.5 Å². The van der Waals surface area contributed by atoms with Crippen molar-refractivity contribution in [3.8, 4) is 5.69 Å². The molecular weight excluding hydrogens is 507 g/mol. The van der Waals surface area contributed by atoms with Gasteiger partial charge in [-0.3, -0.25) is 9.36 Å². The Kier molecular flexibility index (Phi) is 8.52. The van der Waals surface area contributed by atoms with Gasteiger partial charge in [-0.2, -0.15) is 0 Å². The van der Waals surface area contributed by atoms with Crippen LogP contribution in [-0.4, -0.2) is 27.0 Å². The maximum Gasteiger partial charge on any atom is 0.322 e. The number of aryl methyl sites for hydroxylation is 1. The Bertz CT molecular complexity index is 1470. The molecule has 1 N–H and O–H groups in total. The van der Waals surface area contributed by atoms with Gasteiger partial charge >= 0.3 is 6.03 Å². The lowest BCUT2D eigenvalue weighted by Crippen LogP contribution is -2.40. The van der Waals surface area contributed by atoms with Crippen molar-refractivity contribution < 1.29 is 4.79 Å². The number of rotatable bonds is 8. The van der Waals surface area contributed by atoms with Gasteiger partial charge in [0.1, 0.15) is 5.82 Å². The number of amides is 2. The highest BCUT2D eigenvalue weighted by Crippen LogP contribution is 2.27. The van der Waals surface area contributed by atoms with Crippen molar-refractivity contribution in [3.63, 3.8) is 0 Å². The van der Waals surface area contributed by atoms with Crippen molar-refractivity contribution in [1.29, 1.82) is 0 Å². The molecule has 0 bridgehead atoms. The summed E-state index contributed by atoms with van der Waals surface area (Å²) in [6.07, 6.45) is 2.59. The molecule has 1 unspecified atom stereocenters. The van der Waals surface area contributed by atoms with E-state index >= 15 is 0 Å². The van der Waals surface area contributed by atoms with Crippen LogP contribution in [0.3, 0.4) is 0 Å². The molecule has 0 saturated heterocycles. The number of anilines is 1. The average Bonchev–Trinajstić information content (AvgIpc) is 2.91. The van der Waals surface area contributed by atoms with Crippen LogP contribution in [0, 0.1) is 0 Å². The molecule has 0 aliphatic heterocycles. The molecule has 1 heterocycles. The van der Waals surface area contributed by atoms with Crippen LogP contribution in [0.4, 0.5) is 10.5 Å². The number of carbonyl (C=O) groups is 1. The number of hydrogen-bond donors (Lipinski definition) is 1. The molecule has 3 aromatic carbocycles. The third-order valence-corrected chi connectivity index (χ3v) is 7.17. The smallest absolute Gasteiger partial charge is 0.315 e. The minimum Gasteiger partial charge on any atom is -0.315 e. The van der Waals surface area contributed by atoms with Gasteiger partial charge in [0.15, 0.2) is 0 Å². The summed E-state index contributed by atoms with van der Waals surface area (Å²) in [4.78, 5) is 33.9. The minimum atomic E-state index is -0.502. The quantitative estimate of drug-likeness (QED) is 0.251. The van der Waals surface area contributed by atoms with E-state index in [1.807, 2.05) is 49.4 Å². The fourth-order valence-electron chi connectivity index (χ4n) is 4.27. The summed E-state index contributed by atoms with van der Waals surface area (Å²) in [5.74, 6) is 0.494. The van der Waals surface area contributed by atoms with Crippen LogP contribution in [0.2, 0.25) is 10.0 Å². The van der Waals surface area contributed by atoms with Crippen LogP contribution >= 0.6 is 23.2 Å². The summed E-state index contributed by atoms with van der Waals surface area (Å²) in [6, 6.07) is 19.3. The predicted molar refractivity (Wildman–Crippen MR) is 152 cm³/mol. The summed E-state index contributed by atoms with van der Waals surface area (Å²) in [7, 11) is 0. The van der Waals surface area contributed by atoms with Crippen LogP contribution < -0.4 is 10.9 Å². The van der Waals surface area contributed by atoms with Crippen molar-refractivity contribution in [2.75, 3.05) is 11.9 Å². The van der Waals surface area contributed by atoms with E-state index in [1.54, 1.807) is 33.7 Å². The molecule has 0 aliphatic rings. The molecule has 192 valence electrons. The number of urea groups is 1. The second-order valence-electron chi connectivity index (χ2n) is 8.93. The number of nitrogens with one attached hydrogen (secondary N) is 1. The Labute approximate surface area is 226 Å². The number of unbranched alkanes of at least 4 members (excludes halogenated alkanes) is 1. The highest BCUT2D eigenvalue weighted by atomic mass is 35.5. The van der Waals surface area contributed by atoms with E-state index in [4.69, 9.17) is 28.2 Å². The standard InChI is InChI=1S/C29H30Cl2N4O2/c1-4-6-17-34(29(37)32-21-13-16-24(30)25(31)18-21)19(3)27-33-26-10-8-7-9-23(26)28(36)35(27)22-14-11-20(5-2)12-15-22/h7-16,18-19H,4-6,17H2,1-3H3,(H,32,37). The number of fused-ring (bicyclic) bond motifs is 1. The maximum atomic E-state index is 13.8. The molecule has 0 saturated carbocycles. The third-order valence-electron chi connectivity index (χ3n) is 6.43. The van der Waals surface area contributed by atoms with Crippen molar-refractivity contribution in [2.45, 2.75) is 46.1 Å². The van der Waals surface area contributed by atoms with Gasteiger partial charge in [0.25, 0.3) is 5.56 Å². The van der Waals surface area contributed by atoms with Crippen molar-refractivity contribution in [3.05, 3.63) is 98.5 Å². The maximum absolute atomic E-state index is 13.8. The topological polar surface area (TPSA) is 67.2 Å². The fraction of sp³-hybridized carbons (Fsp3) is 0.276. The highest BCUT2D eigenvalue weighted by molar-refractivity contribution is 6.42. The molecule has 0 aliphatic carbocycles. The van der Waals surface area contributed by atoms with Gasteiger partial charge in [0.05, 0.1) is 32.7 Å². The average molecular weight is 537 g/mol. The van der Waals surface area contributed by atoms with Gasteiger partial charge < -0.3 is 10.2 Å². The van der Waals surface area contributed by atoms with E-state index in [2.05, 4.69) is 19.2 Å². The number of benzene rings is 3. The van der Waals surface area contributed by atoms with Crippen molar-refractivity contribution >= 4 is 45.8 Å². The Balaban J connectivity index is 1.81. The van der Waals surface area contributed by atoms with Crippen LogP contribution in [-0.2, 0) is 6.42 Å². The Morgan fingerprint density at radius 3 is 2.43 bits per heavy atom. The van der Waals surface area contributed by atoms with E-state index in [-0.39, 0.29) is 11.6 Å². The first-order valence-corrected chi connectivity index (χ1v) is 13.2. The molecular formula is C29H30Cl2N4O2. The Morgan fingerprint density at radius 2 is 1.76 bits per heavy atom. The SMILES string of the molecule is CCCCN(C(=O)Nc1ccc(Cl)c(Cl)c1)C(C)c1nc2ccccc2c(=O)n1-c1ccc(CC)cc1. The van der Waals surface area contributed by atoms with Gasteiger partial charge in [0, 0.05) is 12.2 Å². The molecule has 0 spiro atoms. The van der Waals surface area contributed by atoms with Crippen molar-refractivity contribution in [2.24, 2.45) is 0 Å². The lowest BCUT2D eigenvalue weighted by atomic mass is 10.1. The summed E-state index contributed by atoms with van der Waals surface area (Å²) < 4.78 is 1.62. The highest BCUT2D eigenvalue weighted by Gasteiger charge is 2.27. The number of carbonyl (C=O) groups excluding carboxylic acids is 1. The van der Waals surface area contributed by atoms with Gasteiger partial charge in [-0.05, 0) is 67.8 Å². The monoisotopic (exact) mass is 536 g/mol. The molecule has 0 fully saturated rings. The first-order valence-electron chi connectivity index (χ1n) is 12.5. The van der Waals surface area contributed by atoms with Gasteiger partial charge in [-0.1, -0.05) is 67.7 Å². The molecule has 2 amide bonds. The van der Waals surface area contributed by atoms with E-state index in [0.717, 1.165) is 19.3 Å². The number of halogens is 2. The molecule has 8 heteroatoms. The van der Waals surface area contributed by atoms with E-state index in [9.17, 15) is 9.59 Å². The fourth-order valence-corrected chi connectivity index (χ4v) is 4.57. The Hall–Kier alpha value is -3.35. The zero-order chi connectivity index (χ0) is 26.5. The summed E-state index contributed by atoms with van der Waals surface area (Å²) in [5, 5.41) is 4.22. The van der Waals surface area contributed by atoms with Gasteiger partial charge in [-0.15, -0.1) is 0 Å². The lowest BCUT2D eigenvalue weighted by Gasteiger charge is -2.30. The minimum absolute atomic E-state index is 0.169. The molecule has 4 rings (SSSR count). The molecule has 37 heavy (non-hydrogen) atoms. The van der Waals surface area contributed by atoms with Crippen LogP contribution in [0.1, 0.15) is 51.0 Å². The van der Waals surface area contributed by atoms with E-state index < -0.39 is 6.04 Å². The normalized spacial score (nSPS) is 11.9. The second-order valence-corrected chi connectivity index (χ2v) is 9.74. The second kappa shape index (κ2) is 11.8. The van der Waals surface area contributed by atoms with Gasteiger partial charge in [-0.25, -0.2) is 9.78 Å². The first kappa shape index (κ1) is 26.7. The molecule has 1 aromatic heterocycles. The summed E-state index contributed by atoms with van der Waals surface area (Å²) in [6.45, 7) is 6.55. The van der Waals surface area contributed by atoms with Crippen LogP contribution in [0.5, 0.6) is 0 Å². The third kappa shape index (κ3) is 5.81. The molecule has 0 radical (unpaired) electrons. The molecule has 6 nitrogen and oxygen atoms in total. The zero-order valence-corrected chi connectivity index (χ0v) is 22.7. The molecule has 4 aromatic rings. The lowest BCUT2D eigenvalue weighted by molar-refractivity contribution is 0.188.